The van der Waals surface area contributed by atoms with E-state index in [1.54, 1.807) is 30.3 Å². The van der Waals surface area contributed by atoms with Gasteiger partial charge in [-0.25, -0.2) is 14.4 Å². The van der Waals surface area contributed by atoms with Gasteiger partial charge >= 0.3 is 0 Å². The molecule has 3 rings (SSSR count). The number of hydrogen-bond donors (Lipinski definition) is 2. The van der Waals surface area contributed by atoms with Crippen molar-refractivity contribution in [2.75, 3.05) is 17.7 Å². The Hall–Kier alpha value is -3.19. The van der Waals surface area contributed by atoms with E-state index in [2.05, 4.69) is 20.6 Å². The zero-order chi connectivity index (χ0) is 18.5. The molecule has 1 amide bonds. The number of nitrogens with zero attached hydrogens (tertiary/aromatic N) is 2. The minimum absolute atomic E-state index is 0.261. The lowest BCUT2D eigenvalue weighted by atomic mass is 10.2. The van der Waals surface area contributed by atoms with Crippen LogP contribution in [0.2, 0.25) is 5.02 Å². The van der Waals surface area contributed by atoms with Gasteiger partial charge in [-0.2, -0.15) is 0 Å². The summed E-state index contributed by atoms with van der Waals surface area (Å²) < 4.78 is 18.1. The van der Waals surface area contributed by atoms with Crippen LogP contribution in [0.5, 0.6) is 5.75 Å². The Bertz CT molecular complexity index is 917. The molecule has 0 radical (unpaired) electrons. The molecule has 0 aliphatic heterocycles. The number of anilines is 3. The van der Waals surface area contributed by atoms with E-state index in [1.807, 2.05) is 0 Å². The molecule has 0 fully saturated rings. The lowest BCUT2D eigenvalue weighted by molar-refractivity contribution is 0.102. The number of methoxy groups -OCH3 is 1. The fourth-order valence-electron chi connectivity index (χ4n) is 2.14. The van der Waals surface area contributed by atoms with Gasteiger partial charge in [0.15, 0.2) is 0 Å². The van der Waals surface area contributed by atoms with Gasteiger partial charge in [-0.05, 0) is 42.5 Å². The third-order valence-corrected chi connectivity index (χ3v) is 3.66. The third-order valence-electron chi connectivity index (χ3n) is 3.42. The first-order valence-corrected chi connectivity index (χ1v) is 7.92. The Morgan fingerprint density at radius 2 is 1.81 bits per heavy atom. The van der Waals surface area contributed by atoms with E-state index in [-0.39, 0.29) is 17.3 Å². The molecule has 6 nitrogen and oxygen atoms in total. The van der Waals surface area contributed by atoms with Crippen LogP contribution >= 0.6 is 11.6 Å². The number of halogens is 2. The van der Waals surface area contributed by atoms with E-state index in [0.717, 1.165) is 0 Å². The van der Waals surface area contributed by atoms with E-state index >= 15 is 0 Å². The highest BCUT2D eigenvalue weighted by molar-refractivity contribution is 6.31. The van der Waals surface area contributed by atoms with Gasteiger partial charge < -0.3 is 15.4 Å². The van der Waals surface area contributed by atoms with Gasteiger partial charge in [0.05, 0.1) is 18.4 Å². The number of carbonyl (C=O) groups is 1. The number of carbonyl (C=O) groups excluding carboxylic acids is 1. The average molecular weight is 373 g/mol. The summed E-state index contributed by atoms with van der Waals surface area (Å²) in [5.74, 6) is 0.0330. The summed E-state index contributed by atoms with van der Waals surface area (Å²) in [4.78, 5) is 20.5. The predicted molar refractivity (Wildman–Crippen MR) is 97.7 cm³/mol. The molecule has 1 aromatic heterocycles. The van der Waals surface area contributed by atoms with Crippen molar-refractivity contribution in [3.63, 3.8) is 0 Å². The highest BCUT2D eigenvalue weighted by Crippen LogP contribution is 2.28. The predicted octanol–water partition coefficient (Wildman–Crippen LogP) is 4.27. The molecule has 3 aromatic rings. The highest BCUT2D eigenvalue weighted by atomic mass is 35.5. The van der Waals surface area contributed by atoms with Gasteiger partial charge in [0.25, 0.3) is 5.91 Å². The van der Waals surface area contributed by atoms with Crippen molar-refractivity contribution in [3.8, 4) is 5.75 Å². The lowest BCUT2D eigenvalue weighted by Gasteiger charge is -2.10. The van der Waals surface area contributed by atoms with Gasteiger partial charge in [-0.15, -0.1) is 0 Å². The van der Waals surface area contributed by atoms with Gasteiger partial charge in [0, 0.05) is 23.1 Å². The summed E-state index contributed by atoms with van der Waals surface area (Å²) in [5, 5.41) is 6.09. The lowest BCUT2D eigenvalue weighted by Crippen LogP contribution is -2.13. The SMILES string of the molecule is COc1ccc(Cl)cc1NC(=O)c1cnc(Nc2ccc(F)cc2)nc1. The topological polar surface area (TPSA) is 76.1 Å². The second-order valence-corrected chi connectivity index (χ2v) is 5.66. The summed E-state index contributed by atoms with van der Waals surface area (Å²) in [6, 6.07) is 10.7. The minimum atomic E-state index is -0.404. The Balaban J connectivity index is 1.71. The smallest absolute Gasteiger partial charge is 0.258 e. The molecule has 0 aliphatic carbocycles. The Morgan fingerprint density at radius 3 is 2.46 bits per heavy atom. The Morgan fingerprint density at radius 1 is 1.12 bits per heavy atom. The maximum atomic E-state index is 12.9. The maximum Gasteiger partial charge on any atom is 0.258 e. The van der Waals surface area contributed by atoms with Gasteiger partial charge in [0.1, 0.15) is 11.6 Å². The molecule has 2 N–H and O–H groups in total. The van der Waals surface area contributed by atoms with Crippen LogP contribution in [-0.2, 0) is 0 Å². The molecule has 0 unspecified atom stereocenters. The summed E-state index contributed by atoms with van der Waals surface area (Å²) >= 11 is 5.95. The molecule has 132 valence electrons. The summed E-state index contributed by atoms with van der Waals surface area (Å²) in [6.45, 7) is 0. The molecule has 0 saturated heterocycles. The Labute approximate surface area is 154 Å². The molecule has 8 heteroatoms. The van der Waals surface area contributed by atoms with Crippen LogP contribution in [0, 0.1) is 5.82 Å². The van der Waals surface area contributed by atoms with Crippen molar-refractivity contribution in [3.05, 3.63) is 71.3 Å². The van der Waals surface area contributed by atoms with Crippen LogP contribution in [0.25, 0.3) is 0 Å². The molecule has 0 saturated carbocycles. The molecular weight excluding hydrogens is 359 g/mol. The molecule has 0 aliphatic rings. The quantitative estimate of drug-likeness (QED) is 0.699. The van der Waals surface area contributed by atoms with Crippen LogP contribution in [0.4, 0.5) is 21.7 Å². The zero-order valence-corrected chi connectivity index (χ0v) is 14.4. The monoisotopic (exact) mass is 372 g/mol. The summed E-state index contributed by atoms with van der Waals surface area (Å²) in [5.41, 5.74) is 1.34. The minimum Gasteiger partial charge on any atom is -0.495 e. The van der Waals surface area contributed by atoms with Gasteiger partial charge in [-0.3, -0.25) is 4.79 Å². The highest BCUT2D eigenvalue weighted by Gasteiger charge is 2.11. The first kappa shape index (κ1) is 17.6. The van der Waals surface area contributed by atoms with Crippen molar-refractivity contribution < 1.29 is 13.9 Å². The number of nitrogens with one attached hydrogen (secondary N) is 2. The fourth-order valence-corrected chi connectivity index (χ4v) is 2.32. The third kappa shape index (κ3) is 4.25. The fraction of sp³-hybridized carbons (Fsp3) is 0.0556. The summed E-state index contributed by atoms with van der Waals surface area (Å²) in [6.07, 6.45) is 2.76. The van der Waals surface area contributed by atoms with Gasteiger partial charge in [-0.1, -0.05) is 11.6 Å². The van der Waals surface area contributed by atoms with Gasteiger partial charge in [0.2, 0.25) is 5.95 Å². The van der Waals surface area contributed by atoms with Crippen molar-refractivity contribution >= 4 is 34.8 Å². The second kappa shape index (κ2) is 7.79. The van der Waals surface area contributed by atoms with Crippen LogP contribution in [0.1, 0.15) is 10.4 Å². The average Bonchev–Trinajstić information content (AvgIpc) is 2.64. The van der Waals surface area contributed by atoms with Crippen molar-refractivity contribution in [1.82, 2.24) is 9.97 Å². The van der Waals surface area contributed by atoms with E-state index in [4.69, 9.17) is 16.3 Å². The molecule has 1 heterocycles. The number of ether oxygens (including phenoxy) is 1. The van der Waals surface area contributed by atoms with E-state index in [9.17, 15) is 9.18 Å². The van der Waals surface area contributed by atoms with Crippen LogP contribution in [0.15, 0.2) is 54.9 Å². The maximum absolute atomic E-state index is 12.9. The largest absolute Gasteiger partial charge is 0.495 e. The zero-order valence-electron chi connectivity index (χ0n) is 13.7. The molecule has 0 bridgehead atoms. The normalized spacial score (nSPS) is 10.3. The molecule has 0 atom stereocenters. The van der Waals surface area contributed by atoms with Crippen LogP contribution < -0.4 is 15.4 Å². The van der Waals surface area contributed by atoms with Crippen LogP contribution in [-0.4, -0.2) is 23.0 Å². The molecule has 0 spiro atoms. The standard InChI is InChI=1S/C18H14ClFN4O2/c1-26-16-7-2-12(19)8-15(16)24-17(25)11-9-21-18(22-10-11)23-14-5-3-13(20)4-6-14/h2-10H,1H3,(H,24,25)(H,21,22,23). The van der Waals surface area contributed by atoms with Crippen LogP contribution in [0.3, 0.4) is 0 Å². The molecular formula is C18H14ClFN4O2. The second-order valence-electron chi connectivity index (χ2n) is 5.23. The van der Waals surface area contributed by atoms with Crippen molar-refractivity contribution in [2.24, 2.45) is 0 Å². The summed E-state index contributed by atoms with van der Waals surface area (Å²) in [7, 11) is 1.50. The number of amides is 1. The van der Waals surface area contributed by atoms with E-state index in [0.29, 0.717) is 22.1 Å². The van der Waals surface area contributed by atoms with Crippen molar-refractivity contribution in [2.45, 2.75) is 0 Å². The number of aromatic nitrogens is 2. The number of hydrogen-bond acceptors (Lipinski definition) is 5. The first-order chi connectivity index (χ1) is 12.5. The van der Waals surface area contributed by atoms with E-state index in [1.165, 1.54) is 31.6 Å². The number of rotatable bonds is 5. The first-order valence-electron chi connectivity index (χ1n) is 7.54. The Kier molecular flexibility index (Phi) is 5.28. The molecule has 26 heavy (non-hydrogen) atoms. The molecule has 2 aromatic carbocycles. The van der Waals surface area contributed by atoms with Crippen molar-refractivity contribution in [1.29, 1.82) is 0 Å². The number of benzene rings is 2. The van der Waals surface area contributed by atoms with E-state index < -0.39 is 5.91 Å².